The number of Topliss-reactive ketones (excluding diaryl/α,β-unsaturated/α-hetero) is 1. The number of aliphatic hydroxyl groups is 1. The maximum Gasteiger partial charge on any atom is 0.341 e. The molecule has 0 fully saturated rings. The lowest BCUT2D eigenvalue weighted by Gasteiger charge is -2.47. The first-order valence-corrected chi connectivity index (χ1v) is 7.44. The van der Waals surface area contributed by atoms with Crippen molar-refractivity contribution in [2.24, 2.45) is 5.41 Å². The van der Waals surface area contributed by atoms with Gasteiger partial charge in [0.2, 0.25) is 0 Å². The number of ether oxygens (including phenoxy) is 1. The third kappa shape index (κ3) is 1.87. The van der Waals surface area contributed by atoms with Gasteiger partial charge in [-0.15, -0.1) is 0 Å². The molecule has 1 N–H and O–H groups in total. The van der Waals surface area contributed by atoms with Crippen LogP contribution in [0.15, 0.2) is 35.4 Å². The van der Waals surface area contributed by atoms with E-state index in [9.17, 15) is 14.7 Å². The number of ketones is 1. The molecule has 0 aliphatic heterocycles. The third-order valence-corrected chi connectivity index (χ3v) is 5.40. The second-order valence-corrected chi connectivity index (χ2v) is 6.57. The average Bonchev–Trinajstić information content (AvgIpc) is 2.86. The first-order valence-electron chi connectivity index (χ1n) is 7.44. The monoisotopic (exact) mass is 300 g/mol. The van der Waals surface area contributed by atoms with Crippen LogP contribution in [0.2, 0.25) is 0 Å². The van der Waals surface area contributed by atoms with E-state index in [1.165, 1.54) is 18.2 Å². The Bertz CT molecular complexity index is 672. The Balaban J connectivity index is 2.19. The van der Waals surface area contributed by atoms with Gasteiger partial charge in [-0.25, -0.2) is 4.79 Å². The molecule has 0 radical (unpaired) electrons. The Morgan fingerprint density at radius 3 is 2.23 bits per heavy atom. The van der Waals surface area contributed by atoms with Gasteiger partial charge in [-0.3, -0.25) is 4.79 Å². The normalized spacial score (nSPS) is 26.3. The number of carbonyl (C=O) groups excluding carboxylic acids is 2. The summed E-state index contributed by atoms with van der Waals surface area (Å²) in [5, 5.41) is 11.0. The topological polar surface area (TPSA) is 63.6 Å². The van der Waals surface area contributed by atoms with E-state index in [0.29, 0.717) is 18.4 Å². The molecule has 3 rings (SSSR count). The average molecular weight is 300 g/mol. The number of fused-ring (bicyclic) bond motifs is 1. The molecule has 0 saturated heterocycles. The van der Waals surface area contributed by atoms with Crippen molar-refractivity contribution < 1.29 is 19.4 Å². The van der Waals surface area contributed by atoms with Crippen LogP contribution in [-0.2, 0) is 27.2 Å². The summed E-state index contributed by atoms with van der Waals surface area (Å²) in [6.45, 7) is 3.48. The third-order valence-electron chi connectivity index (χ3n) is 5.40. The van der Waals surface area contributed by atoms with Crippen molar-refractivity contribution in [2.45, 2.75) is 38.7 Å². The predicted octanol–water partition coefficient (Wildman–Crippen LogP) is 1.98. The Morgan fingerprint density at radius 2 is 1.73 bits per heavy atom. The molecule has 2 aliphatic carbocycles. The quantitative estimate of drug-likeness (QED) is 0.636. The highest BCUT2D eigenvalue weighted by atomic mass is 16.5. The van der Waals surface area contributed by atoms with E-state index in [4.69, 9.17) is 4.74 Å². The van der Waals surface area contributed by atoms with Crippen molar-refractivity contribution >= 4 is 11.8 Å². The van der Waals surface area contributed by atoms with E-state index >= 15 is 0 Å². The summed E-state index contributed by atoms with van der Waals surface area (Å²) in [4.78, 5) is 24.3. The second-order valence-electron chi connectivity index (χ2n) is 6.57. The molecule has 116 valence electrons. The Labute approximate surface area is 129 Å². The van der Waals surface area contributed by atoms with Gasteiger partial charge in [0.25, 0.3) is 0 Å². The molecule has 0 saturated carbocycles. The Kier molecular flexibility index (Phi) is 3.25. The summed E-state index contributed by atoms with van der Waals surface area (Å²) in [6.07, 6.45) is 1.22. The van der Waals surface area contributed by atoms with Gasteiger partial charge in [-0.1, -0.05) is 24.3 Å². The predicted molar refractivity (Wildman–Crippen MR) is 81.2 cm³/mol. The van der Waals surface area contributed by atoms with E-state index in [2.05, 4.69) is 0 Å². The van der Waals surface area contributed by atoms with Crippen LogP contribution in [0.25, 0.3) is 0 Å². The van der Waals surface area contributed by atoms with Gasteiger partial charge in [0.05, 0.1) is 12.7 Å². The summed E-state index contributed by atoms with van der Waals surface area (Å²) in [5.74, 6) is -0.940. The van der Waals surface area contributed by atoms with E-state index in [0.717, 1.165) is 0 Å². The number of hydrogen-bond acceptors (Lipinski definition) is 4. The molecule has 0 bridgehead atoms. The van der Waals surface area contributed by atoms with E-state index in [1.54, 1.807) is 13.8 Å². The SMILES string of the molecule is COC(=O)C1=C(C)C2(Cc3ccccc3C2)C(C)(O)CC1=O. The van der Waals surface area contributed by atoms with Crippen molar-refractivity contribution in [3.63, 3.8) is 0 Å². The highest BCUT2D eigenvalue weighted by Gasteiger charge is 2.57. The zero-order valence-electron chi connectivity index (χ0n) is 13.1. The van der Waals surface area contributed by atoms with Crippen LogP contribution in [-0.4, -0.2) is 29.6 Å². The van der Waals surface area contributed by atoms with E-state index in [1.807, 2.05) is 24.3 Å². The zero-order chi connectivity index (χ0) is 16.1. The van der Waals surface area contributed by atoms with Crippen LogP contribution in [0.4, 0.5) is 0 Å². The molecule has 1 spiro atoms. The van der Waals surface area contributed by atoms with Gasteiger partial charge >= 0.3 is 5.97 Å². The minimum atomic E-state index is -1.18. The van der Waals surface area contributed by atoms with Crippen LogP contribution in [0.1, 0.15) is 31.4 Å². The van der Waals surface area contributed by atoms with Gasteiger partial charge < -0.3 is 9.84 Å². The van der Waals surface area contributed by atoms with Gasteiger partial charge in [0, 0.05) is 11.8 Å². The lowest BCUT2D eigenvalue weighted by molar-refractivity contribution is -0.141. The Morgan fingerprint density at radius 1 is 1.18 bits per heavy atom. The van der Waals surface area contributed by atoms with Crippen LogP contribution in [0, 0.1) is 5.41 Å². The van der Waals surface area contributed by atoms with Crippen LogP contribution in [0.3, 0.4) is 0 Å². The molecule has 1 unspecified atom stereocenters. The number of methoxy groups -OCH3 is 1. The van der Waals surface area contributed by atoms with Crippen molar-refractivity contribution in [3.8, 4) is 0 Å². The second kappa shape index (κ2) is 4.78. The number of carbonyl (C=O) groups is 2. The molecular weight excluding hydrogens is 280 g/mol. The minimum Gasteiger partial charge on any atom is -0.465 e. The highest BCUT2D eigenvalue weighted by Crippen LogP contribution is 2.54. The molecule has 1 aromatic carbocycles. The Hall–Kier alpha value is -1.94. The number of hydrogen-bond donors (Lipinski definition) is 1. The van der Waals surface area contributed by atoms with Crippen LogP contribution in [0.5, 0.6) is 0 Å². The molecule has 22 heavy (non-hydrogen) atoms. The molecule has 1 atom stereocenters. The standard InChI is InChI=1S/C18H20O4/c1-11-15(16(20)22-3)14(19)10-17(2,21)18(11)8-12-6-4-5-7-13(12)9-18/h4-7,21H,8-10H2,1-3H3. The van der Waals surface area contributed by atoms with E-state index < -0.39 is 17.0 Å². The summed E-state index contributed by atoms with van der Waals surface area (Å²) in [5.41, 5.74) is 1.30. The lowest BCUT2D eigenvalue weighted by atomic mass is 9.59. The van der Waals surface area contributed by atoms with Gasteiger partial charge in [-0.05, 0) is 43.4 Å². The van der Waals surface area contributed by atoms with Crippen LogP contribution < -0.4 is 0 Å². The van der Waals surface area contributed by atoms with Crippen molar-refractivity contribution in [2.75, 3.05) is 7.11 Å². The maximum atomic E-state index is 12.3. The zero-order valence-corrected chi connectivity index (χ0v) is 13.1. The molecule has 2 aliphatic rings. The summed E-state index contributed by atoms with van der Waals surface area (Å²) >= 11 is 0. The van der Waals surface area contributed by atoms with Crippen molar-refractivity contribution in [3.05, 3.63) is 46.5 Å². The van der Waals surface area contributed by atoms with Gasteiger partial charge in [0.15, 0.2) is 5.78 Å². The fourth-order valence-electron chi connectivity index (χ4n) is 4.05. The maximum absolute atomic E-state index is 12.3. The first-order chi connectivity index (χ1) is 10.3. The number of benzene rings is 1. The van der Waals surface area contributed by atoms with Gasteiger partial charge in [0.1, 0.15) is 5.57 Å². The van der Waals surface area contributed by atoms with Gasteiger partial charge in [-0.2, -0.15) is 0 Å². The molecule has 0 amide bonds. The van der Waals surface area contributed by atoms with Crippen molar-refractivity contribution in [1.29, 1.82) is 0 Å². The molecular formula is C18H20O4. The molecule has 1 aromatic rings. The summed E-state index contributed by atoms with van der Waals surface area (Å²) in [6, 6.07) is 8.03. The number of rotatable bonds is 1. The van der Waals surface area contributed by atoms with Crippen LogP contribution >= 0.6 is 0 Å². The fraction of sp³-hybridized carbons (Fsp3) is 0.444. The lowest BCUT2D eigenvalue weighted by Crippen LogP contribution is -2.53. The number of esters is 1. The molecule has 0 heterocycles. The minimum absolute atomic E-state index is 0.0528. The summed E-state index contributed by atoms with van der Waals surface area (Å²) in [7, 11) is 1.28. The molecule has 0 aromatic heterocycles. The fourth-order valence-corrected chi connectivity index (χ4v) is 4.05. The largest absolute Gasteiger partial charge is 0.465 e. The van der Waals surface area contributed by atoms with Crippen molar-refractivity contribution in [1.82, 2.24) is 0 Å². The smallest absolute Gasteiger partial charge is 0.341 e. The molecule has 4 nitrogen and oxygen atoms in total. The summed E-state index contributed by atoms with van der Waals surface area (Å²) < 4.78 is 4.78. The first kappa shape index (κ1) is 15.0. The highest BCUT2D eigenvalue weighted by molar-refractivity contribution is 6.19. The molecule has 4 heteroatoms. The van der Waals surface area contributed by atoms with E-state index in [-0.39, 0.29) is 17.8 Å².